The van der Waals surface area contributed by atoms with Crippen LogP contribution < -0.4 is 15.5 Å². The Bertz CT molecular complexity index is 1250. The molecule has 0 unspecified atom stereocenters. The predicted molar refractivity (Wildman–Crippen MR) is 139 cm³/mol. The van der Waals surface area contributed by atoms with E-state index in [0.29, 0.717) is 34.0 Å². The average Bonchev–Trinajstić information content (AvgIpc) is 3.19. The van der Waals surface area contributed by atoms with Crippen LogP contribution in [0, 0.1) is 0 Å². The maximum Gasteiger partial charge on any atom is 0.257 e. The molecule has 0 atom stereocenters. The van der Waals surface area contributed by atoms with Crippen molar-refractivity contribution in [1.82, 2.24) is 9.78 Å². The summed E-state index contributed by atoms with van der Waals surface area (Å²) in [6.45, 7) is 3.61. The number of carbonyl (C=O) groups is 2. The number of rotatable bonds is 7. The summed E-state index contributed by atoms with van der Waals surface area (Å²) in [5, 5.41) is 10.3. The molecule has 2 amide bonds. The van der Waals surface area contributed by atoms with E-state index in [2.05, 4.69) is 20.7 Å². The van der Waals surface area contributed by atoms with Crippen molar-refractivity contribution in [3.05, 3.63) is 71.8 Å². The van der Waals surface area contributed by atoms with Crippen molar-refractivity contribution in [2.45, 2.75) is 13.8 Å². The van der Waals surface area contributed by atoms with Gasteiger partial charge in [0.25, 0.3) is 11.8 Å². The Labute approximate surface area is 200 Å². The third-order valence-corrected chi connectivity index (χ3v) is 5.44. The summed E-state index contributed by atoms with van der Waals surface area (Å²) in [7, 11) is 7.30. The molecular weight excluding hydrogens is 428 g/mol. The van der Waals surface area contributed by atoms with Crippen molar-refractivity contribution in [3.8, 4) is 11.3 Å². The van der Waals surface area contributed by atoms with Gasteiger partial charge in [-0.1, -0.05) is 24.3 Å². The minimum absolute atomic E-state index is 0.206. The second kappa shape index (κ2) is 10.6. The van der Waals surface area contributed by atoms with Gasteiger partial charge in [-0.3, -0.25) is 19.3 Å². The number of carbonyl (C=O) groups excluding carboxylic acids is 2. The number of hydrogen-bond acceptors (Lipinski definition) is 5. The first-order chi connectivity index (χ1) is 16.2. The summed E-state index contributed by atoms with van der Waals surface area (Å²) in [6.07, 6.45) is 1.74. The summed E-state index contributed by atoms with van der Waals surface area (Å²) < 4.78 is 1.63. The highest BCUT2D eigenvalue weighted by molar-refractivity contribution is 6.24. The molecule has 0 aliphatic heterocycles. The van der Waals surface area contributed by atoms with E-state index >= 15 is 0 Å². The quantitative estimate of drug-likeness (QED) is 0.406. The Morgan fingerprint density at radius 3 is 2.38 bits per heavy atom. The Hall–Kier alpha value is -4.20. The van der Waals surface area contributed by atoms with Gasteiger partial charge in [-0.15, -0.1) is 0 Å². The monoisotopic (exact) mass is 458 g/mol. The van der Waals surface area contributed by atoms with E-state index in [-0.39, 0.29) is 11.8 Å². The van der Waals surface area contributed by atoms with Crippen LogP contribution in [0.2, 0.25) is 0 Å². The topological polar surface area (TPSA) is 91.6 Å². The van der Waals surface area contributed by atoms with Crippen LogP contribution in [0.25, 0.3) is 11.3 Å². The minimum atomic E-state index is -0.209. The molecular formula is C26H30N6O2. The van der Waals surface area contributed by atoms with Gasteiger partial charge in [-0.25, -0.2) is 0 Å². The summed E-state index contributed by atoms with van der Waals surface area (Å²) in [4.78, 5) is 31.3. The van der Waals surface area contributed by atoms with Crippen LogP contribution in [0.4, 0.5) is 17.2 Å². The van der Waals surface area contributed by atoms with Gasteiger partial charge in [0.2, 0.25) is 0 Å². The minimum Gasteiger partial charge on any atom is -0.378 e. The Morgan fingerprint density at radius 2 is 1.76 bits per heavy atom. The van der Waals surface area contributed by atoms with Crippen LogP contribution in [0.5, 0.6) is 0 Å². The maximum absolute atomic E-state index is 12.8. The van der Waals surface area contributed by atoms with E-state index in [0.717, 1.165) is 11.3 Å². The molecule has 34 heavy (non-hydrogen) atoms. The molecule has 176 valence electrons. The number of amides is 2. The van der Waals surface area contributed by atoms with Crippen LogP contribution in [0.15, 0.2) is 71.2 Å². The Morgan fingerprint density at radius 1 is 1.06 bits per heavy atom. The van der Waals surface area contributed by atoms with Crippen molar-refractivity contribution in [1.29, 1.82) is 0 Å². The molecule has 0 aliphatic carbocycles. The van der Waals surface area contributed by atoms with Crippen molar-refractivity contribution in [3.63, 3.8) is 0 Å². The lowest BCUT2D eigenvalue weighted by atomic mass is 10.1. The van der Waals surface area contributed by atoms with Crippen molar-refractivity contribution in [2.75, 3.05) is 36.7 Å². The molecule has 8 nitrogen and oxygen atoms in total. The summed E-state index contributed by atoms with van der Waals surface area (Å²) >= 11 is 0. The smallest absolute Gasteiger partial charge is 0.257 e. The lowest BCUT2D eigenvalue weighted by Gasteiger charge is -2.13. The highest BCUT2D eigenvalue weighted by atomic mass is 16.2. The SMILES string of the molecule is C/C=C(/C(=O)Nc1ccc(-c2cc(NC(=O)c3cccc(N(C)C)c3)n(C)n2)cc1)C(C)=NC. The molecule has 3 rings (SSSR count). The number of aryl methyl sites for hydroxylation is 1. The molecule has 0 bridgehead atoms. The molecule has 0 aliphatic rings. The van der Waals surface area contributed by atoms with Crippen LogP contribution in [0.1, 0.15) is 24.2 Å². The molecule has 2 N–H and O–H groups in total. The van der Waals surface area contributed by atoms with E-state index in [9.17, 15) is 9.59 Å². The predicted octanol–water partition coefficient (Wildman–Crippen LogP) is 4.38. The van der Waals surface area contributed by atoms with E-state index < -0.39 is 0 Å². The van der Waals surface area contributed by atoms with Gasteiger partial charge < -0.3 is 15.5 Å². The number of anilines is 3. The van der Waals surface area contributed by atoms with Crippen LogP contribution in [-0.4, -0.2) is 48.4 Å². The summed E-state index contributed by atoms with van der Waals surface area (Å²) in [5.74, 6) is 0.168. The molecule has 8 heteroatoms. The molecule has 0 saturated carbocycles. The van der Waals surface area contributed by atoms with Gasteiger partial charge in [0.15, 0.2) is 0 Å². The van der Waals surface area contributed by atoms with E-state index in [4.69, 9.17) is 0 Å². The molecule has 0 fully saturated rings. The fourth-order valence-corrected chi connectivity index (χ4v) is 3.39. The summed E-state index contributed by atoms with van der Waals surface area (Å²) in [6, 6.07) is 16.6. The van der Waals surface area contributed by atoms with Crippen LogP contribution in [0.3, 0.4) is 0 Å². The normalized spacial score (nSPS) is 11.8. The van der Waals surface area contributed by atoms with Crippen LogP contribution in [-0.2, 0) is 11.8 Å². The van der Waals surface area contributed by atoms with Gasteiger partial charge in [0.05, 0.1) is 11.3 Å². The lowest BCUT2D eigenvalue weighted by molar-refractivity contribution is -0.112. The summed E-state index contributed by atoms with van der Waals surface area (Å²) in [5.41, 5.74) is 4.97. The van der Waals surface area contributed by atoms with Crippen molar-refractivity contribution < 1.29 is 9.59 Å². The molecule has 1 heterocycles. The molecule has 0 saturated heterocycles. The third kappa shape index (κ3) is 5.58. The Kier molecular flexibility index (Phi) is 7.63. The number of nitrogens with one attached hydrogen (secondary N) is 2. The van der Waals surface area contributed by atoms with E-state index in [1.165, 1.54) is 0 Å². The van der Waals surface area contributed by atoms with Gasteiger partial charge in [0.1, 0.15) is 5.82 Å². The van der Waals surface area contributed by atoms with Gasteiger partial charge in [-0.2, -0.15) is 5.10 Å². The first-order valence-electron chi connectivity index (χ1n) is 10.9. The maximum atomic E-state index is 12.8. The number of hydrogen-bond donors (Lipinski definition) is 2. The largest absolute Gasteiger partial charge is 0.378 e. The first-order valence-corrected chi connectivity index (χ1v) is 10.9. The van der Waals surface area contributed by atoms with E-state index in [1.54, 1.807) is 37.8 Å². The van der Waals surface area contributed by atoms with Gasteiger partial charge in [-0.05, 0) is 44.2 Å². The fourth-order valence-electron chi connectivity index (χ4n) is 3.39. The highest BCUT2D eigenvalue weighted by Crippen LogP contribution is 2.24. The number of allylic oxidation sites excluding steroid dienone is 1. The van der Waals surface area contributed by atoms with Gasteiger partial charge >= 0.3 is 0 Å². The third-order valence-electron chi connectivity index (χ3n) is 5.44. The number of benzene rings is 2. The average molecular weight is 459 g/mol. The molecule has 0 radical (unpaired) electrons. The van der Waals surface area contributed by atoms with Crippen molar-refractivity contribution >= 4 is 34.7 Å². The lowest BCUT2D eigenvalue weighted by Crippen LogP contribution is -2.18. The zero-order valence-corrected chi connectivity index (χ0v) is 20.4. The second-order valence-electron chi connectivity index (χ2n) is 7.98. The molecule has 1 aromatic heterocycles. The first kappa shape index (κ1) is 24.4. The molecule has 2 aromatic carbocycles. The molecule has 3 aromatic rings. The second-order valence-corrected chi connectivity index (χ2v) is 7.98. The number of nitrogens with zero attached hydrogens (tertiary/aromatic N) is 4. The van der Waals surface area contributed by atoms with E-state index in [1.807, 2.05) is 74.4 Å². The fraction of sp³-hybridized carbons (Fsp3) is 0.231. The standard InChI is InChI=1S/C26H30N6O2/c1-7-22(17(2)27-3)26(34)28-20-13-11-18(12-14-20)23-16-24(32(6)30-23)29-25(33)19-9-8-10-21(15-19)31(4)5/h7-16H,1-6H3,(H,28,34)(H,29,33)/b22-7+,27-17?. The molecule has 0 spiro atoms. The highest BCUT2D eigenvalue weighted by Gasteiger charge is 2.14. The number of aliphatic imine (C=N–C) groups is 1. The zero-order valence-electron chi connectivity index (χ0n) is 20.4. The van der Waals surface area contributed by atoms with Crippen LogP contribution >= 0.6 is 0 Å². The Balaban J connectivity index is 1.73. The zero-order chi connectivity index (χ0) is 24.8. The number of aromatic nitrogens is 2. The van der Waals surface area contributed by atoms with Crippen molar-refractivity contribution in [2.24, 2.45) is 12.0 Å². The van der Waals surface area contributed by atoms with Gasteiger partial charge in [0, 0.05) is 62.5 Å².